The molecule has 0 aliphatic rings. The second-order valence-corrected chi connectivity index (χ2v) is 4.10. The van der Waals surface area contributed by atoms with Crippen LogP contribution in [0.2, 0.25) is 0 Å². The van der Waals surface area contributed by atoms with E-state index in [1.54, 1.807) is 11.6 Å². The zero-order valence-corrected chi connectivity index (χ0v) is 10.4. The molecule has 0 aliphatic carbocycles. The number of thioether (sulfide) groups is 1. The molecule has 0 spiro atoms. The third-order valence-corrected chi connectivity index (χ3v) is 2.70. The third-order valence-electron chi connectivity index (χ3n) is 1.80. The van der Waals surface area contributed by atoms with E-state index in [2.05, 4.69) is 22.4 Å². The van der Waals surface area contributed by atoms with E-state index in [0.29, 0.717) is 18.1 Å². The summed E-state index contributed by atoms with van der Waals surface area (Å²) in [5.41, 5.74) is 0. The Kier molecular flexibility index (Phi) is 5.84. The first-order valence-corrected chi connectivity index (χ1v) is 6.41. The van der Waals surface area contributed by atoms with E-state index in [1.165, 1.54) is 11.8 Å². The molecule has 0 amide bonds. The Morgan fingerprint density at radius 1 is 1.50 bits per heavy atom. The first-order chi connectivity index (χ1) is 7.77. The van der Waals surface area contributed by atoms with Crippen LogP contribution in [0.3, 0.4) is 0 Å². The van der Waals surface area contributed by atoms with Crippen molar-refractivity contribution in [3.63, 3.8) is 0 Å². The smallest absolute Gasteiger partial charge is 0.315 e. The first kappa shape index (κ1) is 13.0. The number of rotatable bonds is 7. The molecule has 0 fully saturated rings. The fraction of sp³-hybridized carbons (Fsp3) is 0.778. The van der Waals surface area contributed by atoms with Gasteiger partial charge in [0.25, 0.3) is 0 Å². The Bertz CT molecular complexity index is 329. The summed E-state index contributed by atoms with van der Waals surface area (Å²) in [5.74, 6) is 1.58. The minimum atomic E-state index is -0.193. The lowest BCUT2D eigenvalue weighted by molar-refractivity contribution is -0.139. The van der Waals surface area contributed by atoms with Gasteiger partial charge in [0.1, 0.15) is 0 Å². The number of tetrazole rings is 1. The molecule has 0 aliphatic heterocycles. The van der Waals surface area contributed by atoms with Gasteiger partial charge in [-0.05, 0) is 23.8 Å². The second kappa shape index (κ2) is 7.21. The van der Waals surface area contributed by atoms with Crippen LogP contribution in [0.5, 0.6) is 0 Å². The van der Waals surface area contributed by atoms with Gasteiger partial charge in [0.05, 0.1) is 18.1 Å². The van der Waals surface area contributed by atoms with Crippen LogP contribution >= 0.6 is 11.8 Å². The highest BCUT2D eigenvalue weighted by Crippen LogP contribution is 2.09. The van der Waals surface area contributed by atoms with Crippen molar-refractivity contribution in [1.82, 2.24) is 20.2 Å². The molecule has 0 radical (unpaired) electrons. The van der Waals surface area contributed by atoms with Crippen molar-refractivity contribution in [2.45, 2.75) is 32.6 Å². The molecule has 7 heteroatoms. The highest BCUT2D eigenvalue weighted by molar-refractivity contribution is 7.99. The molecule has 0 aromatic carbocycles. The molecule has 90 valence electrons. The van der Waals surface area contributed by atoms with Crippen LogP contribution in [-0.2, 0) is 21.8 Å². The molecule has 6 nitrogen and oxygen atoms in total. The van der Waals surface area contributed by atoms with Crippen molar-refractivity contribution in [3.8, 4) is 0 Å². The Morgan fingerprint density at radius 2 is 2.31 bits per heavy atom. The number of hydrogen-bond donors (Lipinski definition) is 0. The van der Waals surface area contributed by atoms with Crippen molar-refractivity contribution >= 4 is 17.7 Å². The van der Waals surface area contributed by atoms with Crippen LogP contribution in [0.25, 0.3) is 0 Å². The van der Waals surface area contributed by atoms with Crippen molar-refractivity contribution in [2.75, 3.05) is 12.4 Å². The minimum absolute atomic E-state index is 0.193. The summed E-state index contributed by atoms with van der Waals surface area (Å²) in [5, 5.41) is 11.4. The normalized spacial score (nSPS) is 10.4. The number of carbonyl (C=O) groups excluding carboxylic acids is 1. The van der Waals surface area contributed by atoms with Crippen LogP contribution in [0.1, 0.15) is 26.1 Å². The molecule has 1 aromatic rings. The number of ether oxygens (including phenoxy) is 1. The van der Waals surface area contributed by atoms with Gasteiger partial charge >= 0.3 is 5.97 Å². The number of aryl methyl sites for hydroxylation is 1. The van der Waals surface area contributed by atoms with Crippen LogP contribution in [-0.4, -0.2) is 38.5 Å². The molecular weight excluding hydrogens is 228 g/mol. The highest BCUT2D eigenvalue weighted by atomic mass is 32.2. The summed E-state index contributed by atoms with van der Waals surface area (Å²) in [6.45, 7) is 5.09. The molecule has 1 heterocycles. The third kappa shape index (κ3) is 4.18. The average Bonchev–Trinajstić information content (AvgIpc) is 2.67. The zero-order chi connectivity index (χ0) is 11.8. The van der Waals surface area contributed by atoms with E-state index in [-0.39, 0.29) is 5.97 Å². The van der Waals surface area contributed by atoms with Crippen LogP contribution in [0.4, 0.5) is 0 Å². The van der Waals surface area contributed by atoms with Crippen LogP contribution in [0.15, 0.2) is 0 Å². The van der Waals surface area contributed by atoms with Crippen molar-refractivity contribution in [1.29, 1.82) is 0 Å². The first-order valence-electron chi connectivity index (χ1n) is 5.26. The van der Waals surface area contributed by atoms with Gasteiger partial charge in [-0.25, -0.2) is 4.68 Å². The van der Waals surface area contributed by atoms with Gasteiger partial charge in [-0.1, -0.05) is 6.92 Å². The number of carbonyl (C=O) groups is 1. The van der Waals surface area contributed by atoms with Gasteiger partial charge in [-0.15, -0.1) is 16.9 Å². The zero-order valence-electron chi connectivity index (χ0n) is 9.55. The maximum Gasteiger partial charge on any atom is 0.315 e. The van der Waals surface area contributed by atoms with E-state index < -0.39 is 0 Å². The Morgan fingerprint density at radius 3 is 3.00 bits per heavy atom. The second-order valence-electron chi connectivity index (χ2n) is 3.12. The summed E-state index contributed by atoms with van der Waals surface area (Å²) in [7, 11) is 0. The Hall–Kier alpha value is -1.11. The Balaban J connectivity index is 2.31. The fourth-order valence-electron chi connectivity index (χ4n) is 1.14. The van der Waals surface area contributed by atoms with Crippen LogP contribution < -0.4 is 0 Å². The van der Waals surface area contributed by atoms with Gasteiger partial charge in [-0.3, -0.25) is 4.79 Å². The molecule has 0 saturated heterocycles. The van der Waals surface area contributed by atoms with Crippen molar-refractivity contribution in [3.05, 3.63) is 5.82 Å². The topological polar surface area (TPSA) is 69.9 Å². The number of esters is 1. The largest absolute Gasteiger partial charge is 0.465 e. The molecule has 1 aromatic heterocycles. The number of nitrogens with zero attached hydrogens (tertiary/aromatic N) is 4. The molecule has 16 heavy (non-hydrogen) atoms. The molecule has 0 saturated carbocycles. The number of aromatic nitrogens is 4. The molecule has 0 N–H and O–H groups in total. The lowest BCUT2D eigenvalue weighted by atomic mass is 10.5. The van der Waals surface area contributed by atoms with Gasteiger partial charge < -0.3 is 4.74 Å². The van der Waals surface area contributed by atoms with E-state index >= 15 is 0 Å². The van der Waals surface area contributed by atoms with E-state index in [1.807, 2.05) is 0 Å². The van der Waals surface area contributed by atoms with E-state index in [9.17, 15) is 4.79 Å². The summed E-state index contributed by atoms with van der Waals surface area (Å²) in [4.78, 5) is 11.1. The summed E-state index contributed by atoms with van der Waals surface area (Å²) < 4.78 is 6.58. The lowest BCUT2D eigenvalue weighted by Gasteiger charge is -2.02. The fourth-order valence-corrected chi connectivity index (χ4v) is 1.88. The summed E-state index contributed by atoms with van der Waals surface area (Å²) in [6.07, 6.45) is 0.987. The molecule has 0 atom stereocenters. The highest BCUT2D eigenvalue weighted by Gasteiger charge is 2.07. The molecule has 0 unspecified atom stereocenters. The van der Waals surface area contributed by atoms with Gasteiger partial charge in [-0.2, -0.15) is 0 Å². The van der Waals surface area contributed by atoms with Crippen molar-refractivity contribution < 1.29 is 9.53 Å². The molecule has 0 bridgehead atoms. The SMILES string of the molecule is CCCn1nnnc1CSCC(=O)OCC. The monoisotopic (exact) mass is 244 g/mol. The van der Waals surface area contributed by atoms with E-state index in [0.717, 1.165) is 18.8 Å². The maximum absolute atomic E-state index is 11.1. The van der Waals surface area contributed by atoms with Gasteiger partial charge in [0.15, 0.2) is 5.82 Å². The average molecular weight is 244 g/mol. The summed E-state index contributed by atoms with van der Waals surface area (Å²) >= 11 is 1.46. The Labute approximate surface area is 98.7 Å². The predicted molar refractivity (Wildman–Crippen MR) is 60.9 cm³/mol. The van der Waals surface area contributed by atoms with E-state index in [4.69, 9.17) is 4.74 Å². The maximum atomic E-state index is 11.1. The predicted octanol–water partition coefficient (Wildman–Crippen LogP) is 0.879. The minimum Gasteiger partial charge on any atom is -0.465 e. The van der Waals surface area contributed by atoms with Crippen molar-refractivity contribution in [2.24, 2.45) is 0 Å². The van der Waals surface area contributed by atoms with Gasteiger partial charge in [0, 0.05) is 6.54 Å². The molecular formula is C9H16N4O2S. The quantitative estimate of drug-likeness (QED) is 0.663. The van der Waals surface area contributed by atoms with Gasteiger partial charge in [0.2, 0.25) is 0 Å². The standard InChI is InChI=1S/C9H16N4O2S/c1-3-5-13-8(10-11-12-13)6-16-7-9(14)15-4-2/h3-7H2,1-2H3. The lowest BCUT2D eigenvalue weighted by Crippen LogP contribution is -2.08. The number of hydrogen-bond acceptors (Lipinski definition) is 6. The van der Waals surface area contributed by atoms with Crippen LogP contribution in [0, 0.1) is 0 Å². The molecule has 1 rings (SSSR count). The summed E-state index contributed by atoms with van der Waals surface area (Å²) in [6, 6.07) is 0.